The molecule has 0 aliphatic carbocycles. The maximum Gasteiger partial charge on any atom is 0.311 e. The lowest BCUT2D eigenvalue weighted by atomic mass is 9.79. The number of halogens is 1. The molecule has 2 aliphatic heterocycles. The zero-order valence-electron chi connectivity index (χ0n) is 19.1. The molecule has 7 nitrogen and oxygen atoms in total. The van der Waals surface area contributed by atoms with Gasteiger partial charge in [-0.05, 0) is 58.9 Å². The summed E-state index contributed by atoms with van der Waals surface area (Å²) in [6.45, 7) is 10.6. The molecule has 3 rings (SSSR count). The second kappa shape index (κ2) is 8.49. The van der Waals surface area contributed by atoms with Gasteiger partial charge >= 0.3 is 5.97 Å². The number of quaternary nitrogens is 1. The average Bonchev–Trinajstić information content (AvgIpc) is 2.95. The molecule has 2 aliphatic rings. The fourth-order valence-electron chi connectivity index (χ4n) is 4.96. The molecule has 0 aromatic heterocycles. The van der Waals surface area contributed by atoms with Crippen LogP contribution < -0.4 is 10.3 Å². The zero-order chi connectivity index (χ0) is 23.0. The van der Waals surface area contributed by atoms with E-state index >= 15 is 0 Å². The van der Waals surface area contributed by atoms with Crippen molar-refractivity contribution in [2.24, 2.45) is 16.0 Å². The number of nitrogens with two attached hydrogens (primary N) is 1. The Hall–Kier alpha value is -2.61. The second-order valence-corrected chi connectivity index (χ2v) is 9.86. The summed E-state index contributed by atoms with van der Waals surface area (Å²) in [5, 5.41) is 8.00. The molecule has 1 unspecified atom stereocenters. The highest BCUT2D eigenvalue weighted by Gasteiger charge is 2.43. The van der Waals surface area contributed by atoms with Gasteiger partial charge < -0.3 is 10.1 Å². The van der Waals surface area contributed by atoms with Gasteiger partial charge in [-0.3, -0.25) is 14.6 Å². The van der Waals surface area contributed by atoms with Crippen LogP contribution in [0.25, 0.3) is 0 Å². The van der Waals surface area contributed by atoms with Gasteiger partial charge in [-0.1, -0.05) is 0 Å². The van der Waals surface area contributed by atoms with Crippen LogP contribution in [0.15, 0.2) is 34.4 Å². The second-order valence-electron chi connectivity index (χ2n) is 9.86. The third-order valence-electron chi connectivity index (χ3n) is 5.75. The number of methoxy groups -OCH3 is 1. The first kappa shape index (κ1) is 23.1. The fourth-order valence-corrected chi connectivity index (χ4v) is 4.96. The van der Waals surface area contributed by atoms with E-state index in [9.17, 15) is 14.0 Å². The number of carbonyl (C=O) groups excluding carboxylic acids is 2. The van der Waals surface area contributed by atoms with Gasteiger partial charge in [0.1, 0.15) is 11.7 Å². The maximum absolute atomic E-state index is 13.3. The number of piperidine rings is 1. The van der Waals surface area contributed by atoms with Crippen molar-refractivity contribution in [2.45, 2.75) is 71.0 Å². The van der Waals surface area contributed by atoms with E-state index in [0.29, 0.717) is 17.1 Å². The fraction of sp³-hybridized carbons (Fsp3) is 0.565. The van der Waals surface area contributed by atoms with E-state index in [1.165, 1.54) is 36.4 Å². The molecule has 168 valence electrons. The largest absolute Gasteiger partial charge is 0.469 e. The van der Waals surface area contributed by atoms with Gasteiger partial charge in [0.2, 0.25) is 0 Å². The van der Waals surface area contributed by atoms with Crippen molar-refractivity contribution in [3.05, 3.63) is 30.1 Å². The third-order valence-corrected chi connectivity index (χ3v) is 5.75. The number of esters is 1. The number of hydrogen-bond acceptors (Lipinski definition) is 5. The summed E-state index contributed by atoms with van der Waals surface area (Å²) in [6.07, 6.45) is 1.67. The minimum Gasteiger partial charge on any atom is -0.469 e. The van der Waals surface area contributed by atoms with Crippen molar-refractivity contribution < 1.29 is 24.0 Å². The smallest absolute Gasteiger partial charge is 0.311 e. The minimum atomic E-state index is -0.735. The first-order chi connectivity index (χ1) is 14.4. The molecule has 1 saturated heterocycles. The van der Waals surface area contributed by atoms with Crippen molar-refractivity contribution in [2.75, 3.05) is 12.1 Å². The molecule has 0 saturated carbocycles. The van der Waals surface area contributed by atoms with Crippen LogP contribution in [0.2, 0.25) is 0 Å². The molecule has 0 spiro atoms. The van der Waals surface area contributed by atoms with Gasteiger partial charge in [0.05, 0.1) is 42.0 Å². The summed E-state index contributed by atoms with van der Waals surface area (Å²) >= 11 is 0. The lowest BCUT2D eigenvalue weighted by Gasteiger charge is -2.42. The molecule has 1 atom stereocenters. The van der Waals surface area contributed by atoms with E-state index in [4.69, 9.17) is 9.73 Å². The summed E-state index contributed by atoms with van der Waals surface area (Å²) in [7, 11) is 1.30. The highest BCUT2D eigenvalue weighted by Crippen LogP contribution is 2.29. The molecule has 2 heterocycles. The quantitative estimate of drug-likeness (QED) is 0.574. The summed E-state index contributed by atoms with van der Waals surface area (Å²) in [4.78, 5) is 30.2. The number of rotatable bonds is 5. The Morgan fingerprint density at radius 2 is 1.81 bits per heavy atom. The first-order valence-electron chi connectivity index (χ1n) is 10.6. The van der Waals surface area contributed by atoms with Crippen LogP contribution in [-0.2, 0) is 14.3 Å². The lowest BCUT2D eigenvalue weighted by molar-refractivity contribution is -0.787. The first-order valence-corrected chi connectivity index (χ1v) is 10.6. The number of ether oxygens (including phenoxy) is 1. The number of aliphatic imine (C=N–C) groups is 1. The number of nitrogens with zero attached hydrogens (tertiary/aromatic N) is 3. The predicted octanol–water partition coefficient (Wildman–Crippen LogP) is 2.45. The van der Waals surface area contributed by atoms with Crippen LogP contribution in [0.1, 0.15) is 53.9 Å². The highest BCUT2D eigenvalue weighted by atomic mass is 19.1. The highest BCUT2D eigenvalue weighted by molar-refractivity contribution is 6.30. The summed E-state index contributed by atoms with van der Waals surface area (Å²) in [5.74, 6) is -1.91. The van der Waals surface area contributed by atoms with Crippen molar-refractivity contribution in [3.8, 4) is 0 Å². The molecule has 31 heavy (non-hydrogen) atoms. The molecule has 8 heteroatoms. The molecule has 1 aromatic carbocycles. The number of hydrogen-bond donors (Lipinski definition) is 1. The Balaban J connectivity index is 1.92. The molecule has 0 radical (unpaired) electrons. The topological polar surface area (TPSA) is 87.9 Å². The number of benzene rings is 1. The van der Waals surface area contributed by atoms with Crippen LogP contribution in [0.5, 0.6) is 0 Å². The van der Waals surface area contributed by atoms with E-state index in [1.54, 1.807) is 0 Å². The van der Waals surface area contributed by atoms with E-state index in [1.807, 2.05) is 6.92 Å². The molecule has 1 aromatic rings. The van der Waals surface area contributed by atoms with Crippen molar-refractivity contribution in [1.82, 2.24) is 0 Å². The van der Waals surface area contributed by atoms with Crippen molar-refractivity contribution >= 4 is 29.0 Å². The van der Waals surface area contributed by atoms with Gasteiger partial charge in [-0.25, -0.2) is 4.39 Å². The van der Waals surface area contributed by atoms with Crippen LogP contribution in [0.3, 0.4) is 0 Å². The normalized spacial score (nSPS) is 23.6. The van der Waals surface area contributed by atoms with Gasteiger partial charge in [0.25, 0.3) is 5.91 Å². The molecular formula is C23H32FN4O3+. The SMILES string of the molecule is COC(=O)CC1=NN(c2ccc(F)cc2)C(=O)C1C(C)=NC1CC(C)(C)[NH2+]C(C)(C)C1. The zero-order valence-corrected chi connectivity index (χ0v) is 19.1. The maximum atomic E-state index is 13.3. The molecule has 1 fully saturated rings. The van der Waals surface area contributed by atoms with E-state index in [-0.39, 0.29) is 29.4 Å². The Morgan fingerprint density at radius 1 is 1.23 bits per heavy atom. The number of carbonyl (C=O) groups is 2. The van der Waals surface area contributed by atoms with E-state index in [2.05, 4.69) is 38.1 Å². The van der Waals surface area contributed by atoms with Gasteiger partial charge in [0, 0.05) is 18.6 Å². The number of anilines is 1. The Bertz CT molecular complexity index is 905. The predicted molar refractivity (Wildman–Crippen MR) is 118 cm³/mol. The van der Waals surface area contributed by atoms with Crippen molar-refractivity contribution in [3.63, 3.8) is 0 Å². The van der Waals surface area contributed by atoms with Crippen LogP contribution in [0.4, 0.5) is 10.1 Å². The average molecular weight is 432 g/mol. The monoisotopic (exact) mass is 431 g/mol. The van der Waals surface area contributed by atoms with Crippen LogP contribution >= 0.6 is 0 Å². The number of hydrazone groups is 1. The lowest BCUT2D eigenvalue weighted by Crippen LogP contribution is -3.05. The standard InChI is InChI=1S/C23H31FN4O3/c1-14(25-16-12-22(2,3)27-23(4,5)13-16)20-18(11-19(29)31-6)26-28(21(20)30)17-9-7-15(24)8-10-17/h7-10,16,20,27H,11-13H2,1-6H3/p+1. The third kappa shape index (κ3) is 5.36. The van der Waals surface area contributed by atoms with E-state index in [0.717, 1.165) is 12.8 Å². The Morgan fingerprint density at radius 3 is 2.35 bits per heavy atom. The van der Waals surface area contributed by atoms with Gasteiger partial charge in [-0.2, -0.15) is 10.1 Å². The van der Waals surface area contributed by atoms with Gasteiger partial charge in [-0.15, -0.1) is 0 Å². The minimum absolute atomic E-state index is 0.0406. The van der Waals surface area contributed by atoms with Crippen molar-refractivity contribution in [1.29, 1.82) is 0 Å². The molecule has 0 bridgehead atoms. The van der Waals surface area contributed by atoms with Crippen LogP contribution in [0, 0.1) is 11.7 Å². The Labute approximate surface area is 182 Å². The summed E-state index contributed by atoms with van der Waals surface area (Å²) in [6, 6.07) is 5.60. The molecule has 2 N–H and O–H groups in total. The Kier molecular flexibility index (Phi) is 6.32. The number of amides is 1. The molecule has 1 amide bonds. The molecular weight excluding hydrogens is 399 g/mol. The van der Waals surface area contributed by atoms with E-state index < -0.39 is 17.7 Å². The van der Waals surface area contributed by atoms with Gasteiger partial charge in [0.15, 0.2) is 0 Å². The summed E-state index contributed by atoms with van der Waals surface area (Å²) in [5.41, 5.74) is 1.55. The van der Waals surface area contributed by atoms with Crippen LogP contribution in [-0.4, -0.2) is 47.5 Å². The summed E-state index contributed by atoms with van der Waals surface area (Å²) < 4.78 is 18.1.